The number of primary amides is 1. The van der Waals surface area contributed by atoms with Crippen LogP contribution in [0.2, 0.25) is 5.02 Å². The first-order valence-electron chi connectivity index (χ1n) is 18.2. The Labute approximate surface area is 336 Å². The normalized spacial score (nSPS) is 15.6. The number of hydrogen-bond acceptors (Lipinski definition) is 10. The molecule has 0 radical (unpaired) electrons. The van der Waals surface area contributed by atoms with E-state index >= 15 is 0 Å². The number of carbonyl (C=O) groups is 5. The van der Waals surface area contributed by atoms with E-state index in [0.29, 0.717) is 31.9 Å². The Bertz CT molecular complexity index is 2140. The predicted molar refractivity (Wildman–Crippen MR) is 203 cm³/mol. The van der Waals surface area contributed by atoms with Crippen molar-refractivity contribution in [2.45, 2.75) is 25.4 Å². The van der Waals surface area contributed by atoms with Crippen LogP contribution in [-0.4, -0.2) is 129 Å². The molecule has 4 N–H and O–H groups in total. The van der Waals surface area contributed by atoms with Gasteiger partial charge in [0.2, 0.25) is 11.8 Å². The van der Waals surface area contributed by atoms with Crippen LogP contribution in [0.25, 0.3) is 17.1 Å². The SMILES string of the molecule is Cn1c(-c2cn(-c3ccc(NCCC(N)=O)cn3)nc2C(F)(F)F)cnc1C(=O)Nc1ccc(C(=O)N2CCN(C(=O)C3CC[N+](C)(C)CC3)CC2)c(Cl)c1.O=C[O-]. The molecule has 17 nitrogen and oxygen atoms in total. The summed E-state index contributed by atoms with van der Waals surface area (Å²) in [4.78, 5) is 70.8. The van der Waals surface area contributed by atoms with Crippen LogP contribution in [-0.2, 0) is 27.6 Å². The number of imidazole rings is 1. The average Bonchev–Trinajstić information content (AvgIpc) is 3.79. The average molecular weight is 830 g/mol. The molecular formula is C37H43ClF3N11O6. The molecule has 6 rings (SSSR count). The number of likely N-dealkylation sites (tertiary alicyclic amines) is 1. The molecule has 0 unspecified atom stereocenters. The molecule has 21 heteroatoms. The van der Waals surface area contributed by atoms with Crippen LogP contribution in [0, 0.1) is 5.92 Å². The summed E-state index contributed by atoms with van der Waals surface area (Å²) < 4.78 is 45.7. The Morgan fingerprint density at radius 2 is 1.64 bits per heavy atom. The Hall–Kier alpha value is -6.02. The topological polar surface area (TPSA) is 214 Å². The van der Waals surface area contributed by atoms with Gasteiger partial charge in [0.05, 0.1) is 67.1 Å². The van der Waals surface area contributed by atoms with E-state index in [9.17, 15) is 32.3 Å². The van der Waals surface area contributed by atoms with E-state index in [4.69, 9.17) is 27.2 Å². The minimum absolute atomic E-state index is 0.0116. The second kappa shape index (κ2) is 18.1. The Morgan fingerprint density at radius 1 is 1.00 bits per heavy atom. The lowest BCUT2D eigenvalue weighted by Gasteiger charge is -2.40. The number of rotatable bonds is 10. The summed E-state index contributed by atoms with van der Waals surface area (Å²) in [7, 11) is 5.74. The maximum atomic E-state index is 14.2. The second-order valence-corrected chi connectivity index (χ2v) is 14.8. The summed E-state index contributed by atoms with van der Waals surface area (Å²) in [5.74, 6) is -1.47. The van der Waals surface area contributed by atoms with Crippen molar-refractivity contribution < 1.29 is 46.7 Å². The van der Waals surface area contributed by atoms with Gasteiger partial charge in [0.15, 0.2) is 17.3 Å². The van der Waals surface area contributed by atoms with Crippen LogP contribution in [0.4, 0.5) is 24.5 Å². The fraction of sp³-hybridized carbons (Fsp3) is 0.405. The number of aromatic nitrogens is 5. The number of nitrogens with one attached hydrogen (secondary N) is 2. The van der Waals surface area contributed by atoms with Crippen molar-refractivity contribution in [1.82, 2.24) is 34.1 Å². The van der Waals surface area contributed by atoms with E-state index < -0.39 is 30.2 Å². The smallest absolute Gasteiger partial charge is 0.435 e. The molecule has 0 saturated carbocycles. The van der Waals surface area contributed by atoms with Gasteiger partial charge in [0.25, 0.3) is 11.8 Å². The fourth-order valence-electron chi connectivity index (χ4n) is 6.74. The molecule has 2 aliphatic heterocycles. The van der Waals surface area contributed by atoms with E-state index in [2.05, 4.69) is 39.8 Å². The number of pyridine rings is 1. The highest BCUT2D eigenvalue weighted by Crippen LogP contribution is 2.37. The van der Waals surface area contributed by atoms with Gasteiger partial charge in [0, 0.05) is 83.3 Å². The van der Waals surface area contributed by atoms with Gasteiger partial charge in [-0.1, -0.05) is 11.6 Å². The van der Waals surface area contributed by atoms with Gasteiger partial charge in [-0.3, -0.25) is 19.2 Å². The molecule has 310 valence electrons. The van der Waals surface area contributed by atoms with Crippen LogP contribution < -0.4 is 21.5 Å². The summed E-state index contributed by atoms with van der Waals surface area (Å²) in [6.07, 6.45) is 0.616. The zero-order valence-corrected chi connectivity index (χ0v) is 32.7. The number of anilines is 2. The van der Waals surface area contributed by atoms with Gasteiger partial charge < -0.3 is 45.1 Å². The molecule has 2 fully saturated rings. The van der Waals surface area contributed by atoms with Crippen molar-refractivity contribution in [3.63, 3.8) is 0 Å². The number of carboxylic acid groups (broad SMARTS) is 1. The number of nitrogens with zero attached hydrogens (tertiary/aromatic N) is 8. The largest absolute Gasteiger partial charge is 0.554 e. The standard InChI is InChI=1S/C36H41ClF3N11O4.CH2O2/c1-47-28(26-21-50(46-31(26)36(38,39)40)30-7-5-24(19-43-30)42-11-8-29(41)52)20-44-32(47)33(53)45-23-4-6-25(27(37)18-23)35(55)49-14-12-48(13-15-49)34(54)22-9-16-51(2,3)17-10-22;2-1-3/h4-7,18-22,42H,8-17H2,1-3H3,(H2-,41,45,52,53,55);1H,(H,2,3). The summed E-state index contributed by atoms with van der Waals surface area (Å²) >= 11 is 6.52. The molecule has 4 aromatic rings. The van der Waals surface area contributed by atoms with Gasteiger partial charge in [-0.2, -0.15) is 18.3 Å². The van der Waals surface area contributed by atoms with Gasteiger partial charge >= 0.3 is 6.18 Å². The number of benzene rings is 1. The highest BCUT2D eigenvalue weighted by atomic mass is 35.5. The Morgan fingerprint density at radius 3 is 2.22 bits per heavy atom. The summed E-state index contributed by atoms with van der Waals surface area (Å²) in [6.45, 7) is 3.28. The van der Waals surface area contributed by atoms with E-state index in [0.717, 1.165) is 47.5 Å². The van der Waals surface area contributed by atoms with Crippen LogP contribution in [0.15, 0.2) is 48.9 Å². The number of alkyl halides is 3. The van der Waals surface area contributed by atoms with E-state index in [1.807, 2.05) is 4.90 Å². The number of quaternary nitrogens is 1. The third-order valence-corrected chi connectivity index (χ3v) is 10.3. The number of hydrogen-bond donors (Lipinski definition) is 3. The van der Waals surface area contributed by atoms with E-state index in [1.165, 1.54) is 42.1 Å². The lowest BCUT2D eigenvalue weighted by Crippen LogP contribution is -2.54. The molecule has 5 heterocycles. The Balaban J connectivity index is 0.00000207. The van der Waals surface area contributed by atoms with E-state index in [-0.39, 0.29) is 69.9 Å². The molecule has 0 bridgehead atoms. The minimum Gasteiger partial charge on any atom is -0.554 e. The van der Waals surface area contributed by atoms with Gasteiger partial charge in [-0.15, -0.1) is 0 Å². The molecule has 0 atom stereocenters. The Kier molecular flexibility index (Phi) is 13.4. The second-order valence-electron chi connectivity index (χ2n) is 14.4. The summed E-state index contributed by atoms with van der Waals surface area (Å²) in [5, 5.41) is 17.7. The molecule has 0 spiro atoms. The number of carbonyl (C=O) groups excluding carboxylic acids is 5. The zero-order valence-electron chi connectivity index (χ0n) is 32.0. The maximum Gasteiger partial charge on any atom is 0.435 e. The van der Waals surface area contributed by atoms with Crippen LogP contribution in [0.5, 0.6) is 0 Å². The molecule has 2 aliphatic rings. The zero-order chi connectivity index (χ0) is 42.4. The first kappa shape index (κ1) is 43.1. The maximum absolute atomic E-state index is 14.2. The summed E-state index contributed by atoms with van der Waals surface area (Å²) in [6, 6.07) is 7.43. The number of piperazine rings is 1. The molecule has 58 heavy (non-hydrogen) atoms. The van der Waals surface area contributed by atoms with Crippen LogP contribution in [0.1, 0.15) is 45.9 Å². The third kappa shape index (κ3) is 10.3. The van der Waals surface area contributed by atoms with E-state index in [1.54, 1.807) is 11.0 Å². The quantitative estimate of drug-likeness (QED) is 0.156. The number of halogens is 4. The molecule has 1 aromatic carbocycles. The number of piperidine rings is 1. The van der Waals surface area contributed by atoms with Crippen molar-refractivity contribution in [1.29, 1.82) is 0 Å². The lowest BCUT2D eigenvalue weighted by atomic mass is 9.94. The van der Waals surface area contributed by atoms with Gasteiger partial charge in [-0.05, 0) is 30.3 Å². The highest BCUT2D eigenvalue weighted by Gasteiger charge is 2.39. The molecular weight excluding hydrogens is 787 g/mol. The van der Waals surface area contributed by atoms with Gasteiger partial charge in [0.1, 0.15) is 0 Å². The molecule has 2 saturated heterocycles. The van der Waals surface area contributed by atoms with Crippen LogP contribution >= 0.6 is 11.6 Å². The first-order chi connectivity index (χ1) is 27.4. The number of nitrogens with two attached hydrogens (primary N) is 1. The van der Waals surface area contributed by atoms with Gasteiger partial charge in [-0.25, -0.2) is 14.6 Å². The molecule has 4 amide bonds. The minimum atomic E-state index is -4.85. The third-order valence-electron chi connectivity index (χ3n) is 9.98. The summed E-state index contributed by atoms with van der Waals surface area (Å²) in [5.41, 5.74) is 4.56. The monoisotopic (exact) mass is 829 g/mol. The van der Waals surface area contributed by atoms with Crippen LogP contribution in [0.3, 0.4) is 0 Å². The predicted octanol–water partition coefficient (Wildman–Crippen LogP) is 2.02. The van der Waals surface area contributed by atoms with Crippen molar-refractivity contribution in [2.24, 2.45) is 18.7 Å². The number of amides is 4. The molecule has 0 aliphatic carbocycles. The molecule has 3 aromatic heterocycles. The van der Waals surface area contributed by atoms with Crippen molar-refractivity contribution in [3.05, 3.63) is 71.0 Å². The van der Waals surface area contributed by atoms with Crippen molar-refractivity contribution >= 4 is 53.1 Å². The lowest BCUT2D eigenvalue weighted by molar-refractivity contribution is -0.895. The fourth-order valence-corrected chi connectivity index (χ4v) is 7.00. The van der Waals surface area contributed by atoms with Crippen molar-refractivity contribution in [2.75, 3.05) is 70.5 Å². The first-order valence-corrected chi connectivity index (χ1v) is 18.5. The highest BCUT2D eigenvalue weighted by molar-refractivity contribution is 6.34. The van der Waals surface area contributed by atoms with Crippen molar-refractivity contribution in [3.8, 4) is 17.1 Å².